The monoisotopic (exact) mass is 333 g/mol. The molecule has 0 radical (unpaired) electrons. The van der Waals surface area contributed by atoms with E-state index in [1.807, 2.05) is 0 Å². The second-order valence-corrected chi connectivity index (χ2v) is 4.89. The Morgan fingerprint density at radius 1 is 1.33 bits per heavy atom. The van der Waals surface area contributed by atoms with Gasteiger partial charge in [0.1, 0.15) is 5.69 Å². The number of nitro groups is 1. The van der Waals surface area contributed by atoms with Crippen LogP contribution in [-0.4, -0.2) is 25.0 Å². The molecule has 0 atom stereocenters. The van der Waals surface area contributed by atoms with Gasteiger partial charge in [0, 0.05) is 25.2 Å². The van der Waals surface area contributed by atoms with Gasteiger partial charge in [-0.25, -0.2) is 4.39 Å². The number of methoxy groups -OCH3 is 1. The van der Waals surface area contributed by atoms with Crippen LogP contribution in [0.25, 0.3) is 0 Å². The van der Waals surface area contributed by atoms with E-state index in [-0.39, 0.29) is 23.9 Å². The fraction of sp³-hybridized carbons (Fsp3) is 0.188. The topological polar surface area (TPSA) is 93.5 Å². The molecule has 2 aromatic carbocycles. The number of nitrogens with one attached hydrogen (secondary N) is 2. The molecule has 0 saturated heterocycles. The number of benzene rings is 2. The summed E-state index contributed by atoms with van der Waals surface area (Å²) >= 11 is 0. The van der Waals surface area contributed by atoms with Crippen molar-refractivity contribution in [3.63, 3.8) is 0 Å². The maximum absolute atomic E-state index is 13.6. The highest BCUT2D eigenvalue weighted by atomic mass is 19.1. The van der Waals surface area contributed by atoms with Crippen LogP contribution >= 0.6 is 0 Å². The first-order valence-electron chi connectivity index (χ1n) is 7.03. The minimum absolute atomic E-state index is 0.0952. The number of nitro benzene ring substituents is 1. The van der Waals surface area contributed by atoms with E-state index in [0.29, 0.717) is 5.56 Å². The van der Waals surface area contributed by atoms with Gasteiger partial charge in [-0.3, -0.25) is 14.9 Å². The van der Waals surface area contributed by atoms with E-state index in [2.05, 4.69) is 10.6 Å². The van der Waals surface area contributed by atoms with Crippen LogP contribution in [-0.2, 0) is 6.54 Å². The van der Waals surface area contributed by atoms with Crippen LogP contribution in [0.3, 0.4) is 0 Å². The Kier molecular flexibility index (Phi) is 5.31. The Morgan fingerprint density at radius 3 is 2.71 bits per heavy atom. The number of anilines is 1. The molecule has 0 aliphatic heterocycles. The minimum atomic E-state index is -0.809. The lowest BCUT2D eigenvalue weighted by Gasteiger charge is -2.10. The number of halogens is 1. The van der Waals surface area contributed by atoms with Crippen LogP contribution in [0.4, 0.5) is 15.8 Å². The van der Waals surface area contributed by atoms with Gasteiger partial charge in [-0.1, -0.05) is 12.1 Å². The summed E-state index contributed by atoms with van der Waals surface area (Å²) in [4.78, 5) is 22.0. The van der Waals surface area contributed by atoms with Crippen molar-refractivity contribution in [3.05, 3.63) is 63.5 Å². The average molecular weight is 333 g/mol. The van der Waals surface area contributed by atoms with Crippen molar-refractivity contribution in [3.8, 4) is 5.75 Å². The smallest absolute Gasteiger partial charge is 0.295 e. The second kappa shape index (κ2) is 7.40. The molecule has 126 valence electrons. The molecule has 0 aliphatic carbocycles. The lowest BCUT2D eigenvalue weighted by atomic mass is 10.1. The molecule has 24 heavy (non-hydrogen) atoms. The molecule has 0 unspecified atom stereocenters. The highest BCUT2D eigenvalue weighted by molar-refractivity contribution is 5.94. The highest BCUT2D eigenvalue weighted by Gasteiger charge is 2.19. The third kappa shape index (κ3) is 3.78. The quantitative estimate of drug-likeness (QED) is 0.626. The third-order valence-electron chi connectivity index (χ3n) is 3.37. The van der Waals surface area contributed by atoms with Gasteiger partial charge >= 0.3 is 0 Å². The van der Waals surface area contributed by atoms with E-state index in [1.54, 1.807) is 24.3 Å². The van der Waals surface area contributed by atoms with Gasteiger partial charge in [0.25, 0.3) is 11.6 Å². The van der Waals surface area contributed by atoms with E-state index < -0.39 is 16.4 Å². The SMILES string of the molecule is CNC(=O)c1cccc(CNc2cc(OC)c(F)cc2[N+](=O)[O-])c1. The summed E-state index contributed by atoms with van der Waals surface area (Å²) in [5.74, 6) is -1.13. The maximum atomic E-state index is 13.6. The van der Waals surface area contributed by atoms with Gasteiger partial charge in [-0.05, 0) is 17.7 Å². The van der Waals surface area contributed by atoms with Crippen LogP contribution in [0, 0.1) is 15.9 Å². The molecular formula is C16H16FN3O4. The first kappa shape index (κ1) is 17.2. The molecule has 2 aromatic rings. The van der Waals surface area contributed by atoms with Crippen molar-refractivity contribution in [2.24, 2.45) is 0 Å². The van der Waals surface area contributed by atoms with Crippen LogP contribution in [0.5, 0.6) is 5.75 Å². The number of hydrogen-bond donors (Lipinski definition) is 2. The molecule has 2 N–H and O–H groups in total. The number of rotatable bonds is 6. The summed E-state index contributed by atoms with van der Waals surface area (Å²) in [7, 11) is 2.81. The molecule has 1 amide bonds. The molecule has 0 bridgehead atoms. The predicted molar refractivity (Wildman–Crippen MR) is 86.8 cm³/mol. The van der Waals surface area contributed by atoms with Crippen molar-refractivity contribution in [2.75, 3.05) is 19.5 Å². The van der Waals surface area contributed by atoms with E-state index in [4.69, 9.17) is 4.74 Å². The summed E-state index contributed by atoms with van der Waals surface area (Å²) in [5.41, 5.74) is 0.955. The van der Waals surface area contributed by atoms with Gasteiger partial charge < -0.3 is 15.4 Å². The summed E-state index contributed by atoms with van der Waals surface area (Å²) in [6, 6.07) is 8.84. The van der Waals surface area contributed by atoms with Gasteiger partial charge in [-0.15, -0.1) is 0 Å². The molecule has 0 saturated carbocycles. The van der Waals surface area contributed by atoms with Gasteiger partial charge in [0.2, 0.25) is 0 Å². The zero-order chi connectivity index (χ0) is 17.7. The number of ether oxygens (including phenoxy) is 1. The Bertz CT molecular complexity index is 780. The molecule has 2 rings (SSSR count). The summed E-state index contributed by atoms with van der Waals surface area (Å²) in [6.07, 6.45) is 0. The summed E-state index contributed by atoms with van der Waals surface area (Å²) < 4.78 is 18.5. The molecule has 0 heterocycles. The fourth-order valence-corrected chi connectivity index (χ4v) is 2.16. The van der Waals surface area contributed by atoms with Crippen LogP contribution in [0.1, 0.15) is 15.9 Å². The Morgan fingerprint density at radius 2 is 2.08 bits per heavy atom. The summed E-state index contributed by atoms with van der Waals surface area (Å²) in [5, 5.41) is 16.5. The van der Waals surface area contributed by atoms with Crippen molar-refractivity contribution in [2.45, 2.75) is 6.54 Å². The number of hydrogen-bond acceptors (Lipinski definition) is 5. The predicted octanol–water partition coefficient (Wildman–Crippen LogP) is 2.71. The van der Waals surface area contributed by atoms with Gasteiger partial charge in [-0.2, -0.15) is 0 Å². The van der Waals surface area contributed by atoms with Gasteiger partial charge in [0.05, 0.1) is 18.1 Å². The standard InChI is InChI=1S/C16H16FN3O4/c1-18-16(21)11-5-3-4-10(6-11)9-19-13-8-15(24-2)12(17)7-14(13)20(22)23/h3-8,19H,9H2,1-2H3,(H,18,21). The van der Waals surface area contributed by atoms with Crippen molar-refractivity contribution < 1.29 is 18.8 Å². The largest absolute Gasteiger partial charge is 0.494 e. The maximum Gasteiger partial charge on any atom is 0.295 e. The minimum Gasteiger partial charge on any atom is -0.494 e. The first-order chi connectivity index (χ1) is 11.5. The second-order valence-electron chi connectivity index (χ2n) is 4.89. The van der Waals surface area contributed by atoms with E-state index in [0.717, 1.165) is 11.6 Å². The van der Waals surface area contributed by atoms with Crippen molar-refractivity contribution in [1.29, 1.82) is 0 Å². The third-order valence-corrected chi connectivity index (χ3v) is 3.37. The lowest BCUT2D eigenvalue weighted by Crippen LogP contribution is -2.18. The molecule has 0 aromatic heterocycles. The van der Waals surface area contributed by atoms with E-state index in [1.165, 1.54) is 20.2 Å². The molecule has 0 aliphatic rings. The molecule has 0 fully saturated rings. The lowest BCUT2D eigenvalue weighted by molar-refractivity contribution is -0.384. The average Bonchev–Trinajstić information content (AvgIpc) is 2.59. The molecular weight excluding hydrogens is 317 g/mol. The van der Waals surface area contributed by atoms with Crippen molar-refractivity contribution >= 4 is 17.3 Å². The molecule has 7 nitrogen and oxygen atoms in total. The van der Waals surface area contributed by atoms with Crippen LogP contribution < -0.4 is 15.4 Å². The number of nitrogens with zero attached hydrogens (tertiary/aromatic N) is 1. The number of carbonyl (C=O) groups is 1. The van der Waals surface area contributed by atoms with E-state index in [9.17, 15) is 19.3 Å². The molecule has 8 heteroatoms. The molecule has 0 spiro atoms. The van der Waals surface area contributed by atoms with Crippen molar-refractivity contribution in [1.82, 2.24) is 5.32 Å². The Labute approximate surface area is 137 Å². The van der Waals surface area contributed by atoms with Crippen LogP contribution in [0.15, 0.2) is 36.4 Å². The highest BCUT2D eigenvalue weighted by Crippen LogP contribution is 2.32. The normalized spacial score (nSPS) is 10.1. The zero-order valence-corrected chi connectivity index (χ0v) is 13.1. The Hall–Kier alpha value is -3.16. The zero-order valence-electron chi connectivity index (χ0n) is 13.1. The number of amides is 1. The van der Waals surface area contributed by atoms with Gasteiger partial charge in [0.15, 0.2) is 11.6 Å². The summed E-state index contributed by atoms with van der Waals surface area (Å²) in [6.45, 7) is 0.223. The Balaban J connectivity index is 2.25. The number of carbonyl (C=O) groups excluding carboxylic acids is 1. The fourth-order valence-electron chi connectivity index (χ4n) is 2.16. The van der Waals surface area contributed by atoms with E-state index >= 15 is 0 Å². The first-order valence-corrected chi connectivity index (χ1v) is 7.03. The van der Waals surface area contributed by atoms with Crippen LogP contribution in [0.2, 0.25) is 0 Å².